The number of hydrogen-bond acceptors (Lipinski definition) is 2. The van der Waals surface area contributed by atoms with Gasteiger partial charge in [0.1, 0.15) is 11.9 Å². The number of benzene rings is 2. The van der Waals surface area contributed by atoms with Crippen molar-refractivity contribution in [2.45, 2.75) is 38.6 Å². The summed E-state index contributed by atoms with van der Waals surface area (Å²) in [5.74, 6) is -1.55. The summed E-state index contributed by atoms with van der Waals surface area (Å²) < 4.78 is 13.8. The van der Waals surface area contributed by atoms with Gasteiger partial charge in [-0.2, -0.15) is 0 Å². The van der Waals surface area contributed by atoms with E-state index in [9.17, 15) is 14.0 Å². The van der Waals surface area contributed by atoms with Gasteiger partial charge in [-0.1, -0.05) is 51.1 Å². The van der Waals surface area contributed by atoms with E-state index in [0.717, 1.165) is 5.56 Å². The van der Waals surface area contributed by atoms with E-state index >= 15 is 0 Å². The number of amides is 2. The third-order valence-corrected chi connectivity index (χ3v) is 4.04. The lowest BCUT2D eigenvalue weighted by Crippen LogP contribution is -2.46. The van der Waals surface area contributed by atoms with E-state index in [0.29, 0.717) is 11.1 Å². The predicted molar refractivity (Wildman–Crippen MR) is 95.7 cm³/mol. The highest BCUT2D eigenvalue weighted by Gasteiger charge is 2.21. The van der Waals surface area contributed by atoms with E-state index in [2.05, 4.69) is 26.1 Å². The first-order valence-corrected chi connectivity index (χ1v) is 8.12. The zero-order valence-electron chi connectivity index (χ0n) is 14.7. The molecule has 2 aromatic carbocycles. The molecule has 1 atom stereocenters. The van der Waals surface area contributed by atoms with E-state index in [4.69, 9.17) is 5.73 Å². The molecular formula is C20H23FN2O2. The normalized spacial score (nSPS) is 12.5. The summed E-state index contributed by atoms with van der Waals surface area (Å²) in [6.07, 6.45) is 0.00776. The average molecular weight is 342 g/mol. The number of halogens is 1. The fraction of sp³-hybridized carbons (Fsp3) is 0.300. The summed E-state index contributed by atoms with van der Waals surface area (Å²) in [4.78, 5) is 24.0. The van der Waals surface area contributed by atoms with Gasteiger partial charge >= 0.3 is 0 Å². The van der Waals surface area contributed by atoms with Crippen LogP contribution in [0, 0.1) is 5.82 Å². The van der Waals surface area contributed by atoms with Crippen LogP contribution in [0.2, 0.25) is 0 Å². The Balaban J connectivity index is 2.13. The Bertz CT molecular complexity index is 764. The van der Waals surface area contributed by atoms with Crippen molar-refractivity contribution in [2.75, 3.05) is 0 Å². The molecule has 0 bridgehead atoms. The van der Waals surface area contributed by atoms with Gasteiger partial charge in [0, 0.05) is 12.0 Å². The summed E-state index contributed by atoms with van der Waals surface area (Å²) in [5.41, 5.74) is 7.20. The van der Waals surface area contributed by atoms with Crippen LogP contribution in [0.15, 0.2) is 48.5 Å². The first-order valence-electron chi connectivity index (χ1n) is 8.12. The molecule has 0 spiro atoms. The second-order valence-corrected chi connectivity index (χ2v) is 7.05. The zero-order valence-corrected chi connectivity index (χ0v) is 14.7. The van der Waals surface area contributed by atoms with Crippen LogP contribution in [0.5, 0.6) is 0 Å². The van der Waals surface area contributed by atoms with Crippen LogP contribution < -0.4 is 11.1 Å². The molecule has 0 aliphatic rings. The Hall–Kier alpha value is -2.69. The number of hydrogen-bond donors (Lipinski definition) is 2. The molecule has 0 aliphatic carbocycles. The van der Waals surface area contributed by atoms with Crippen molar-refractivity contribution in [1.29, 1.82) is 0 Å². The summed E-state index contributed by atoms with van der Waals surface area (Å²) in [6.45, 7) is 6.25. The van der Waals surface area contributed by atoms with Gasteiger partial charge < -0.3 is 11.1 Å². The van der Waals surface area contributed by atoms with Gasteiger partial charge in [0.15, 0.2) is 0 Å². The largest absolute Gasteiger partial charge is 0.368 e. The van der Waals surface area contributed by atoms with Crippen molar-refractivity contribution in [3.05, 3.63) is 71.0 Å². The van der Waals surface area contributed by atoms with Crippen LogP contribution >= 0.6 is 0 Å². The average Bonchev–Trinajstić information content (AvgIpc) is 2.55. The van der Waals surface area contributed by atoms with Crippen LogP contribution in [0.4, 0.5) is 4.39 Å². The van der Waals surface area contributed by atoms with Gasteiger partial charge in [-0.05, 0) is 34.7 Å². The van der Waals surface area contributed by atoms with Gasteiger partial charge in [-0.15, -0.1) is 0 Å². The van der Waals surface area contributed by atoms with Crippen molar-refractivity contribution >= 4 is 11.8 Å². The molecule has 2 amide bonds. The van der Waals surface area contributed by atoms with E-state index in [1.165, 1.54) is 6.07 Å². The highest BCUT2D eigenvalue weighted by molar-refractivity contribution is 5.97. The standard InChI is InChI=1S/C20H23FN2O2/c1-20(2,3)15-10-8-13(9-11-15)19(25)23-17(18(22)24)12-14-6-4-5-7-16(14)21/h4-11,17H,12H2,1-3H3,(H2,22,24)(H,23,25)/t17-/m0/s1. The fourth-order valence-electron chi connectivity index (χ4n) is 2.47. The van der Waals surface area contributed by atoms with Crippen molar-refractivity contribution in [3.63, 3.8) is 0 Å². The molecule has 2 rings (SSSR count). The Morgan fingerprint density at radius 2 is 1.68 bits per heavy atom. The maximum absolute atomic E-state index is 13.8. The molecule has 132 valence electrons. The quantitative estimate of drug-likeness (QED) is 0.877. The van der Waals surface area contributed by atoms with Crippen LogP contribution in [0.25, 0.3) is 0 Å². The molecule has 0 aromatic heterocycles. The minimum atomic E-state index is -0.980. The number of rotatable bonds is 5. The predicted octanol–water partition coefficient (Wildman–Crippen LogP) is 2.95. The minimum absolute atomic E-state index is 0.00776. The van der Waals surface area contributed by atoms with Crippen molar-refractivity contribution in [1.82, 2.24) is 5.32 Å². The van der Waals surface area contributed by atoms with Crippen LogP contribution in [0.1, 0.15) is 42.3 Å². The first-order chi connectivity index (χ1) is 11.7. The van der Waals surface area contributed by atoms with E-state index in [1.807, 2.05) is 12.1 Å². The second kappa shape index (κ2) is 7.47. The zero-order chi connectivity index (χ0) is 18.6. The van der Waals surface area contributed by atoms with E-state index < -0.39 is 23.7 Å². The Kier molecular flexibility index (Phi) is 5.57. The third kappa shape index (κ3) is 4.89. The number of carbonyl (C=O) groups excluding carboxylic acids is 2. The van der Waals surface area contributed by atoms with Crippen LogP contribution in [0.3, 0.4) is 0 Å². The Labute approximate surface area is 147 Å². The smallest absolute Gasteiger partial charge is 0.251 e. The van der Waals surface area contributed by atoms with Crippen molar-refractivity contribution in [3.8, 4) is 0 Å². The van der Waals surface area contributed by atoms with Crippen molar-refractivity contribution < 1.29 is 14.0 Å². The maximum atomic E-state index is 13.8. The molecule has 0 heterocycles. The number of carbonyl (C=O) groups is 2. The SMILES string of the molecule is CC(C)(C)c1ccc(C(=O)N[C@@H](Cc2ccccc2F)C(N)=O)cc1. The molecule has 3 N–H and O–H groups in total. The fourth-order valence-corrected chi connectivity index (χ4v) is 2.47. The van der Waals surface area contributed by atoms with Gasteiger partial charge in [-0.3, -0.25) is 9.59 Å². The summed E-state index contributed by atoms with van der Waals surface area (Å²) in [6, 6.07) is 12.3. The number of primary amides is 1. The number of nitrogens with two attached hydrogens (primary N) is 1. The Morgan fingerprint density at radius 1 is 1.08 bits per heavy atom. The van der Waals surface area contributed by atoms with Gasteiger partial charge in [0.05, 0.1) is 0 Å². The molecule has 0 saturated heterocycles. The summed E-state index contributed by atoms with van der Waals surface area (Å²) in [5, 5.41) is 2.59. The molecule has 5 heteroatoms. The van der Waals surface area contributed by atoms with Gasteiger partial charge in [-0.25, -0.2) is 4.39 Å². The number of nitrogens with one attached hydrogen (secondary N) is 1. The highest BCUT2D eigenvalue weighted by atomic mass is 19.1. The summed E-state index contributed by atoms with van der Waals surface area (Å²) in [7, 11) is 0. The lowest BCUT2D eigenvalue weighted by molar-refractivity contribution is -0.119. The van der Waals surface area contributed by atoms with Crippen LogP contribution in [-0.4, -0.2) is 17.9 Å². The lowest BCUT2D eigenvalue weighted by atomic mass is 9.86. The monoisotopic (exact) mass is 342 g/mol. The van der Waals surface area contributed by atoms with E-state index in [-0.39, 0.29) is 11.8 Å². The lowest BCUT2D eigenvalue weighted by Gasteiger charge is -2.20. The van der Waals surface area contributed by atoms with Crippen LogP contribution in [-0.2, 0) is 16.6 Å². The highest BCUT2D eigenvalue weighted by Crippen LogP contribution is 2.22. The van der Waals surface area contributed by atoms with E-state index in [1.54, 1.807) is 30.3 Å². The molecule has 2 aromatic rings. The van der Waals surface area contributed by atoms with Gasteiger partial charge in [0.25, 0.3) is 5.91 Å². The summed E-state index contributed by atoms with van der Waals surface area (Å²) >= 11 is 0. The van der Waals surface area contributed by atoms with Gasteiger partial charge in [0.2, 0.25) is 5.91 Å². The molecular weight excluding hydrogens is 319 g/mol. The molecule has 25 heavy (non-hydrogen) atoms. The topological polar surface area (TPSA) is 72.2 Å². The molecule has 4 nitrogen and oxygen atoms in total. The third-order valence-electron chi connectivity index (χ3n) is 4.04. The second-order valence-electron chi connectivity index (χ2n) is 7.05. The molecule has 0 fully saturated rings. The first kappa shape index (κ1) is 18.6. The maximum Gasteiger partial charge on any atom is 0.251 e. The molecule has 0 unspecified atom stereocenters. The van der Waals surface area contributed by atoms with Crippen molar-refractivity contribution in [2.24, 2.45) is 5.73 Å². The molecule has 0 aliphatic heterocycles. The molecule has 0 radical (unpaired) electrons. The Morgan fingerprint density at radius 3 is 2.20 bits per heavy atom. The minimum Gasteiger partial charge on any atom is -0.368 e. The molecule has 0 saturated carbocycles.